The van der Waals surface area contributed by atoms with Gasteiger partial charge in [-0.2, -0.15) is 0 Å². The molecule has 5 nitrogen and oxygen atoms in total. The minimum absolute atomic E-state index is 0.367. The Morgan fingerprint density at radius 3 is 2.32 bits per heavy atom. The first-order valence-corrected chi connectivity index (χ1v) is 10.2. The van der Waals surface area contributed by atoms with Crippen molar-refractivity contribution >= 4 is 34.8 Å². The summed E-state index contributed by atoms with van der Waals surface area (Å²) in [5.41, 5.74) is 2.48. The first-order chi connectivity index (χ1) is 15.0. The predicted octanol–water partition coefficient (Wildman–Crippen LogP) is 4.84. The van der Waals surface area contributed by atoms with Crippen molar-refractivity contribution in [1.29, 1.82) is 0 Å². The van der Waals surface area contributed by atoms with Crippen LogP contribution in [0.4, 0.5) is 15.8 Å². The summed E-state index contributed by atoms with van der Waals surface area (Å²) in [5, 5.41) is 2.05. The predicted molar refractivity (Wildman–Crippen MR) is 115 cm³/mol. The van der Waals surface area contributed by atoms with Crippen LogP contribution in [0.3, 0.4) is 0 Å². The van der Waals surface area contributed by atoms with E-state index in [1.165, 1.54) is 12.1 Å². The van der Waals surface area contributed by atoms with Gasteiger partial charge in [0.15, 0.2) is 6.10 Å². The van der Waals surface area contributed by atoms with E-state index in [0.29, 0.717) is 27.5 Å². The van der Waals surface area contributed by atoms with Crippen molar-refractivity contribution in [2.45, 2.75) is 19.1 Å². The maximum atomic E-state index is 13.6. The Labute approximate surface area is 183 Å². The van der Waals surface area contributed by atoms with Crippen molar-refractivity contribution in [2.24, 2.45) is 5.92 Å². The average molecular weight is 437 g/mol. The number of hydrogen-bond acceptors (Lipinski definition) is 4. The number of nitrogens with zero attached hydrogens (tertiary/aromatic N) is 2. The van der Waals surface area contributed by atoms with Crippen LogP contribution in [-0.4, -0.2) is 17.9 Å². The summed E-state index contributed by atoms with van der Waals surface area (Å²) in [7, 11) is 0. The lowest BCUT2D eigenvalue weighted by Crippen LogP contribution is -2.37. The third kappa shape index (κ3) is 3.10. The molecule has 0 bridgehead atoms. The Morgan fingerprint density at radius 1 is 0.903 bits per heavy atom. The van der Waals surface area contributed by atoms with Gasteiger partial charge in [0.1, 0.15) is 11.7 Å². The van der Waals surface area contributed by atoms with Crippen molar-refractivity contribution in [1.82, 2.24) is 0 Å². The first-order valence-electron chi connectivity index (χ1n) is 9.87. The van der Waals surface area contributed by atoms with Crippen LogP contribution in [0.25, 0.3) is 0 Å². The van der Waals surface area contributed by atoms with Crippen molar-refractivity contribution in [3.8, 4) is 0 Å². The fourth-order valence-electron chi connectivity index (χ4n) is 4.29. The van der Waals surface area contributed by atoms with Crippen LogP contribution >= 0.6 is 11.6 Å². The largest absolute Gasteiger partial charge is 0.273 e. The zero-order valence-electron chi connectivity index (χ0n) is 16.5. The number of anilines is 2. The lowest BCUT2D eigenvalue weighted by Gasteiger charge is -2.29. The topological polar surface area (TPSA) is 49.9 Å². The highest BCUT2D eigenvalue weighted by atomic mass is 35.5. The number of fused-ring (bicyclic) bond motifs is 1. The highest BCUT2D eigenvalue weighted by Crippen LogP contribution is 2.48. The summed E-state index contributed by atoms with van der Waals surface area (Å²) in [6.45, 7) is 1.76. The number of amides is 2. The molecule has 7 heteroatoms. The van der Waals surface area contributed by atoms with E-state index in [1.807, 2.05) is 30.3 Å². The van der Waals surface area contributed by atoms with Crippen LogP contribution in [0, 0.1) is 18.7 Å². The molecule has 3 aromatic carbocycles. The molecule has 0 unspecified atom stereocenters. The summed E-state index contributed by atoms with van der Waals surface area (Å²) >= 11 is 6.23. The summed E-state index contributed by atoms with van der Waals surface area (Å²) in [6.07, 6.45) is -0.985. The maximum Gasteiger partial charge on any atom is 0.266 e. The van der Waals surface area contributed by atoms with E-state index < -0.39 is 24.0 Å². The lowest BCUT2D eigenvalue weighted by atomic mass is 9.90. The molecule has 2 fully saturated rings. The molecule has 0 saturated carbocycles. The average Bonchev–Trinajstić information content (AvgIpc) is 3.28. The van der Waals surface area contributed by atoms with Crippen LogP contribution in [0.15, 0.2) is 72.8 Å². The highest BCUT2D eigenvalue weighted by Gasteiger charge is 2.60. The Balaban J connectivity index is 1.60. The Bertz CT molecular complexity index is 1170. The molecule has 0 aromatic heterocycles. The van der Waals surface area contributed by atoms with Crippen LogP contribution in [-0.2, 0) is 14.4 Å². The quantitative estimate of drug-likeness (QED) is 0.551. The molecule has 2 aliphatic rings. The maximum absolute atomic E-state index is 13.6. The molecule has 31 heavy (non-hydrogen) atoms. The third-order valence-electron chi connectivity index (χ3n) is 5.82. The van der Waals surface area contributed by atoms with E-state index in [0.717, 1.165) is 4.90 Å². The van der Waals surface area contributed by atoms with Gasteiger partial charge in [0.05, 0.1) is 17.4 Å². The van der Waals surface area contributed by atoms with E-state index in [9.17, 15) is 14.0 Å². The fourth-order valence-corrected chi connectivity index (χ4v) is 4.46. The monoisotopic (exact) mass is 436 g/mol. The zero-order valence-corrected chi connectivity index (χ0v) is 17.3. The Morgan fingerprint density at radius 2 is 1.61 bits per heavy atom. The van der Waals surface area contributed by atoms with Crippen molar-refractivity contribution in [3.63, 3.8) is 0 Å². The van der Waals surface area contributed by atoms with E-state index in [-0.39, 0.29) is 11.7 Å². The van der Waals surface area contributed by atoms with Crippen LogP contribution in [0.1, 0.15) is 17.2 Å². The van der Waals surface area contributed by atoms with Crippen LogP contribution in [0.2, 0.25) is 5.02 Å². The van der Waals surface area contributed by atoms with E-state index in [2.05, 4.69) is 0 Å². The van der Waals surface area contributed by atoms with E-state index in [1.54, 1.807) is 42.3 Å². The smallest absolute Gasteiger partial charge is 0.266 e. The van der Waals surface area contributed by atoms with Crippen LogP contribution in [0.5, 0.6) is 0 Å². The minimum atomic E-state index is -0.985. The van der Waals surface area contributed by atoms with Gasteiger partial charge in [-0.05, 0) is 54.4 Å². The number of benzene rings is 3. The molecule has 2 amide bonds. The van der Waals surface area contributed by atoms with Gasteiger partial charge in [-0.25, -0.2) is 14.4 Å². The van der Waals surface area contributed by atoms with Gasteiger partial charge < -0.3 is 0 Å². The number of hydroxylamine groups is 1. The molecule has 0 N–H and O–H groups in total. The number of imide groups is 1. The molecule has 2 aliphatic heterocycles. The van der Waals surface area contributed by atoms with Gasteiger partial charge in [-0.15, -0.1) is 0 Å². The fraction of sp³-hybridized carbons (Fsp3) is 0.167. The number of carbonyl (C=O) groups is 2. The molecular formula is C24H18ClFN2O3. The Kier molecular flexibility index (Phi) is 4.76. The van der Waals surface area contributed by atoms with Gasteiger partial charge >= 0.3 is 0 Å². The standard InChI is InChI=1S/C24H18ClFN2O3/c1-14-18(25)8-5-9-19(14)27-23(29)20-21(15-10-12-16(26)13-11-15)28(31-22(20)24(27)30)17-6-3-2-4-7-17/h2-13,20-22H,1H3/t20-,21-,22-/m1/s1. The minimum Gasteiger partial charge on any atom is -0.273 e. The number of hydrogen-bond donors (Lipinski definition) is 0. The van der Waals surface area contributed by atoms with E-state index in [4.69, 9.17) is 16.4 Å². The molecule has 0 radical (unpaired) electrons. The first kappa shape index (κ1) is 19.7. The van der Waals surface area contributed by atoms with Gasteiger partial charge in [-0.3, -0.25) is 14.4 Å². The second kappa shape index (κ2) is 7.48. The SMILES string of the molecule is Cc1c(Cl)cccc1N1C(=O)[C@@H]2[C@@H](c3ccc(F)cc3)N(c3ccccc3)O[C@H]2C1=O. The number of carbonyl (C=O) groups excluding carboxylic acids is 2. The molecule has 0 spiro atoms. The van der Waals surface area contributed by atoms with Crippen molar-refractivity contribution < 1.29 is 18.8 Å². The Hall–Kier alpha value is -3.22. The zero-order chi connectivity index (χ0) is 21.7. The molecule has 156 valence electrons. The summed E-state index contributed by atoms with van der Waals surface area (Å²) < 4.78 is 13.6. The number of rotatable bonds is 3. The second-order valence-electron chi connectivity index (χ2n) is 7.61. The molecule has 2 heterocycles. The van der Waals surface area contributed by atoms with Crippen molar-refractivity contribution in [2.75, 3.05) is 9.96 Å². The normalized spacial score (nSPS) is 22.9. The number of halogens is 2. The molecule has 3 aromatic rings. The summed E-state index contributed by atoms with van der Waals surface area (Å²) in [6, 6.07) is 19.7. The van der Waals surface area contributed by atoms with Gasteiger partial charge in [-0.1, -0.05) is 48.0 Å². The molecule has 5 rings (SSSR count). The highest BCUT2D eigenvalue weighted by molar-refractivity contribution is 6.32. The second-order valence-corrected chi connectivity index (χ2v) is 8.01. The van der Waals surface area contributed by atoms with E-state index >= 15 is 0 Å². The van der Waals surface area contributed by atoms with Crippen molar-refractivity contribution in [3.05, 3.63) is 94.8 Å². The summed E-state index contributed by atoms with van der Waals surface area (Å²) in [5.74, 6) is -1.97. The number of para-hydroxylation sites is 1. The molecular weight excluding hydrogens is 419 g/mol. The third-order valence-corrected chi connectivity index (χ3v) is 6.23. The van der Waals surface area contributed by atoms with Gasteiger partial charge in [0, 0.05) is 5.02 Å². The summed E-state index contributed by atoms with van der Waals surface area (Å²) in [4.78, 5) is 34.1. The lowest BCUT2D eigenvalue weighted by molar-refractivity contribution is -0.126. The van der Waals surface area contributed by atoms with Gasteiger partial charge in [0.25, 0.3) is 5.91 Å². The van der Waals surface area contributed by atoms with Crippen LogP contribution < -0.4 is 9.96 Å². The van der Waals surface area contributed by atoms with Gasteiger partial charge in [0.2, 0.25) is 5.91 Å². The molecule has 3 atom stereocenters. The molecule has 2 saturated heterocycles. The molecule has 0 aliphatic carbocycles.